The normalized spacial score (nSPS) is 11.7. The Kier molecular flexibility index (Phi) is 5.54. The molecule has 1 aromatic heterocycles. The van der Waals surface area contributed by atoms with Crippen LogP contribution in [0, 0.1) is 6.92 Å². The fraction of sp³-hybridized carbons (Fsp3) is 0.143. The van der Waals surface area contributed by atoms with Crippen LogP contribution in [-0.2, 0) is 0 Å². The van der Waals surface area contributed by atoms with E-state index in [-0.39, 0.29) is 12.0 Å². The number of nitrogens with zero attached hydrogens (tertiary/aromatic N) is 1. The molecule has 0 saturated heterocycles. The van der Waals surface area contributed by atoms with Gasteiger partial charge in [0.05, 0.1) is 11.2 Å². The summed E-state index contributed by atoms with van der Waals surface area (Å²) >= 11 is 5.94. The number of hydrogen-bond donors (Lipinski definition) is 1. The Bertz CT molecular complexity index is 927. The summed E-state index contributed by atoms with van der Waals surface area (Å²) in [6, 6.07) is 16.8. The van der Waals surface area contributed by atoms with Gasteiger partial charge in [-0.1, -0.05) is 41.4 Å². The lowest BCUT2D eigenvalue weighted by molar-refractivity contribution is 0.102. The molecule has 132 valence electrons. The average Bonchev–Trinajstić information content (AvgIpc) is 2.62. The van der Waals surface area contributed by atoms with Gasteiger partial charge in [0.1, 0.15) is 11.9 Å². The third kappa shape index (κ3) is 4.61. The van der Waals surface area contributed by atoms with Crippen LogP contribution in [0.2, 0.25) is 5.02 Å². The smallest absolute Gasteiger partial charge is 0.255 e. The van der Waals surface area contributed by atoms with Gasteiger partial charge in [-0.2, -0.15) is 0 Å². The minimum absolute atomic E-state index is 0.140. The van der Waals surface area contributed by atoms with Gasteiger partial charge >= 0.3 is 0 Å². The zero-order valence-electron chi connectivity index (χ0n) is 14.6. The molecule has 1 N–H and O–H groups in total. The molecule has 1 heterocycles. The van der Waals surface area contributed by atoms with Crippen molar-refractivity contribution in [3.63, 3.8) is 0 Å². The number of anilines is 1. The number of hydrogen-bond acceptors (Lipinski definition) is 3. The van der Waals surface area contributed by atoms with E-state index in [4.69, 9.17) is 16.3 Å². The van der Waals surface area contributed by atoms with Gasteiger partial charge in [-0.3, -0.25) is 9.78 Å². The number of aromatic nitrogens is 1. The van der Waals surface area contributed by atoms with Crippen molar-refractivity contribution < 1.29 is 9.53 Å². The van der Waals surface area contributed by atoms with E-state index in [1.165, 1.54) is 0 Å². The Morgan fingerprint density at radius 2 is 1.92 bits per heavy atom. The molecule has 0 radical (unpaired) electrons. The van der Waals surface area contributed by atoms with E-state index >= 15 is 0 Å². The van der Waals surface area contributed by atoms with Crippen molar-refractivity contribution in [3.05, 3.63) is 88.7 Å². The summed E-state index contributed by atoms with van der Waals surface area (Å²) in [5.41, 5.74) is 3.33. The molecule has 0 saturated carbocycles. The Labute approximate surface area is 157 Å². The highest BCUT2D eigenvalue weighted by Gasteiger charge is 2.11. The highest BCUT2D eigenvalue weighted by atomic mass is 35.5. The van der Waals surface area contributed by atoms with Crippen molar-refractivity contribution in [3.8, 4) is 5.75 Å². The molecule has 0 bridgehead atoms. The van der Waals surface area contributed by atoms with E-state index in [1.807, 2.05) is 56.3 Å². The summed E-state index contributed by atoms with van der Waals surface area (Å²) in [7, 11) is 0. The van der Waals surface area contributed by atoms with Crippen LogP contribution in [-0.4, -0.2) is 10.9 Å². The van der Waals surface area contributed by atoms with E-state index in [2.05, 4.69) is 10.3 Å². The van der Waals surface area contributed by atoms with E-state index < -0.39 is 0 Å². The average molecular weight is 367 g/mol. The van der Waals surface area contributed by atoms with Gasteiger partial charge in [-0.05, 0) is 43.7 Å². The van der Waals surface area contributed by atoms with E-state index in [0.717, 1.165) is 11.1 Å². The van der Waals surface area contributed by atoms with Crippen molar-refractivity contribution >= 4 is 23.2 Å². The molecule has 0 fully saturated rings. The Morgan fingerprint density at radius 3 is 2.69 bits per heavy atom. The number of ether oxygens (including phenoxy) is 1. The molecule has 3 rings (SSSR count). The quantitative estimate of drug-likeness (QED) is 0.654. The van der Waals surface area contributed by atoms with Crippen LogP contribution >= 0.6 is 11.6 Å². The van der Waals surface area contributed by atoms with Crippen LogP contribution in [0.4, 0.5) is 5.69 Å². The zero-order chi connectivity index (χ0) is 18.5. The van der Waals surface area contributed by atoms with E-state index in [9.17, 15) is 4.79 Å². The van der Waals surface area contributed by atoms with Gasteiger partial charge in [0, 0.05) is 23.5 Å². The lowest BCUT2D eigenvalue weighted by Gasteiger charge is -2.16. The van der Waals surface area contributed by atoms with Gasteiger partial charge in [0.25, 0.3) is 5.91 Å². The number of benzene rings is 2. The Hall–Kier alpha value is -2.85. The van der Waals surface area contributed by atoms with Crippen molar-refractivity contribution in [2.24, 2.45) is 0 Å². The first-order valence-corrected chi connectivity index (χ1v) is 8.64. The summed E-state index contributed by atoms with van der Waals surface area (Å²) in [5.74, 6) is 0.456. The van der Waals surface area contributed by atoms with Crippen molar-refractivity contribution in [1.29, 1.82) is 0 Å². The molecule has 4 nitrogen and oxygen atoms in total. The van der Waals surface area contributed by atoms with Crippen LogP contribution < -0.4 is 10.1 Å². The monoisotopic (exact) mass is 366 g/mol. The summed E-state index contributed by atoms with van der Waals surface area (Å²) in [6.45, 7) is 3.89. The SMILES string of the molecule is Cc1cccc(C(=O)Nc2cccc(C(C)Oc3cncc(Cl)c3)c2)c1. The maximum absolute atomic E-state index is 12.4. The third-order valence-corrected chi connectivity index (χ3v) is 4.09. The predicted octanol–water partition coefficient (Wildman–Crippen LogP) is 5.44. The lowest BCUT2D eigenvalue weighted by Crippen LogP contribution is -2.12. The molecule has 1 atom stereocenters. The molecule has 26 heavy (non-hydrogen) atoms. The third-order valence-electron chi connectivity index (χ3n) is 3.89. The van der Waals surface area contributed by atoms with Gasteiger partial charge in [0.15, 0.2) is 0 Å². The first-order chi connectivity index (χ1) is 12.5. The fourth-order valence-corrected chi connectivity index (χ4v) is 2.75. The highest BCUT2D eigenvalue weighted by Crippen LogP contribution is 2.25. The molecule has 1 unspecified atom stereocenters. The maximum Gasteiger partial charge on any atom is 0.255 e. The molecule has 0 spiro atoms. The van der Waals surface area contributed by atoms with Crippen LogP contribution in [0.3, 0.4) is 0 Å². The Balaban J connectivity index is 1.72. The topological polar surface area (TPSA) is 51.2 Å². The van der Waals surface area contributed by atoms with Crippen LogP contribution in [0.1, 0.15) is 34.5 Å². The minimum atomic E-state index is -0.217. The molecule has 3 aromatic rings. The number of nitrogens with one attached hydrogen (secondary N) is 1. The van der Waals surface area contributed by atoms with Crippen LogP contribution in [0.25, 0.3) is 0 Å². The second-order valence-electron chi connectivity index (χ2n) is 6.05. The second-order valence-corrected chi connectivity index (χ2v) is 6.48. The summed E-state index contributed by atoms with van der Waals surface area (Å²) in [4.78, 5) is 16.4. The molecule has 0 aliphatic carbocycles. The van der Waals surface area contributed by atoms with Crippen molar-refractivity contribution in [2.45, 2.75) is 20.0 Å². The highest BCUT2D eigenvalue weighted by molar-refractivity contribution is 6.30. The lowest BCUT2D eigenvalue weighted by atomic mass is 10.1. The zero-order valence-corrected chi connectivity index (χ0v) is 15.3. The van der Waals surface area contributed by atoms with Crippen molar-refractivity contribution in [2.75, 3.05) is 5.32 Å². The number of pyridine rings is 1. The second kappa shape index (κ2) is 8.02. The number of carbonyl (C=O) groups is 1. The summed E-state index contributed by atoms with van der Waals surface area (Å²) in [5, 5.41) is 3.45. The number of amides is 1. The first kappa shape index (κ1) is 18.0. The molecular formula is C21H19ClN2O2. The molecule has 2 aromatic carbocycles. The fourth-order valence-electron chi connectivity index (χ4n) is 2.59. The summed E-state index contributed by atoms with van der Waals surface area (Å²) < 4.78 is 5.88. The molecular weight excluding hydrogens is 348 g/mol. The number of carbonyl (C=O) groups excluding carboxylic acids is 1. The van der Waals surface area contributed by atoms with E-state index in [1.54, 1.807) is 24.5 Å². The molecule has 5 heteroatoms. The largest absolute Gasteiger partial charge is 0.484 e. The number of rotatable bonds is 5. The number of halogens is 1. The molecule has 0 aliphatic rings. The maximum atomic E-state index is 12.4. The van der Waals surface area contributed by atoms with Gasteiger partial charge < -0.3 is 10.1 Å². The first-order valence-electron chi connectivity index (χ1n) is 8.26. The minimum Gasteiger partial charge on any atom is -0.484 e. The summed E-state index contributed by atoms with van der Waals surface area (Å²) in [6.07, 6.45) is 2.96. The molecule has 0 aliphatic heterocycles. The molecule has 1 amide bonds. The van der Waals surface area contributed by atoms with Gasteiger partial charge in [-0.15, -0.1) is 0 Å². The van der Waals surface area contributed by atoms with Gasteiger partial charge in [-0.25, -0.2) is 0 Å². The Morgan fingerprint density at radius 1 is 1.12 bits per heavy atom. The predicted molar refractivity (Wildman–Crippen MR) is 104 cm³/mol. The van der Waals surface area contributed by atoms with Crippen LogP contribution in [0.15, 0.2) is 67.0 Å². The van der Waals surface area contributed by atoms with E-state index in [0.29, 0.717) is 22.0 Å². The number of aryl methyl sites for hydroxylation is 1. The van der Waals surface area contributed by atoms with Crippen LogP contribution in [0.5, 0.6) is 5.75 Å². The van der Waals surface area contributed by atoms with Gasteiger partial charge in [0.2, 0.25) is 0 Å². The van der Waals surface area contributed by atoms with Crippen molar-refractivity contribution in [1.82, 2.24) is 4.98 Å². The standard InChI is InChI=1S/C21H19ClN2O2/c1-14-5-3-7-17(9-14)21(25)24-19-8-4-6-16(10-19)15(2)26-20-11-18(22)12-23-13-20/h3-13,15H,1-2H3,(H,24,25).